The number of aromatic nitrogens is 3. The van der Waals surface area contributed by atoms with E-state index >= 15 is 0 Å². The molecule has 4 aromatic heterocycles. The smallest absolute Gasteiger partial charge is 0.162 e. The van der Waals surface area contributed by atoms with Gasteiger partial charge < -0.3 is 0 Å². The lowest BCUT2D eigenvalue weighted by Crippen LogP contribution is -2.01. The molecule has 37 heavy (non-hydrogen) atoms. The fourth-order valence-electron chi connectivity index (χ4n) is 5.17. The van der Waals surface area contributed by atoms with Crippen LogP contribution in [0.25, 0.3) is 69.1 Å². The third-order valence-electron chi connectivity index (χ3n) is 6.85. The van der Waals surface area contributed by atoms with Crippen LogP contribution in [0.5, 0.6) is 0 Å². The van der Waals surface area contributed by atoms with Crippen LogP contribution in [-0.4, -0.2) is 14.5 Å². The van der Waals surface area contributed by atoms with Crippen molar-refractivity contribution in [3.8, 4) is 28.5 Å². The molecule has 4 aromatic carbocycles. The van der Waals surface area contributed by atoms with Crippen molar-refractivity contribution >= 4 is 63.3 Å². The lowest BCUT2D eigenvalue weighted by molar-refractivity contribution is 1.05. The number of benzene rings is 4. The molecule has 0 aliphatic rings. The Bertz CT molecular complexity index is 2030. The second-order valence-corrected chi connectivity index (χ2v) is 11.1. The van der Waals surface area contributed by atoms with Crippen molar-refractivity contribution in [3.63, 3.8) is 0 Å². The zero-order valence-corrected chi connectivity index (χ0v) is 21.3. The summed E-state index contributed by atoms with van der Waals surface area (Å²) in [5.74, 6) is 1.61. The van der Waals surface area contributed by atoms with Gasteiger partial charge in [0.2, 0.25) is 0 Å². The maximum atomic E-state index is 5.15. The van der Waals surface area contributed by atoms with E-state index in [2.05, 4.69) is 95.6 Å². The molecule has 8 aromatic rings. The van der Waals surface area contributed by atoms with Gasteiger partial charge in [0.1, 0.15) is 10.6 Å². The number of nitrogens with zero attached hydrogens (tertiary/aromatic N) is 3. The second-order valence-electron chi connectivity index (χ2n) is 9.06. The third kappa shape index (κ3) is 3.18. The number of para-hydroxylation sites is 1. The first-order chi connectivity index (χ1) is 18.3. The average Bonchev–Trinajstić information content (AvgIpc) is 3.61. The average molecular weight is 510 g/mol. The number of hydrogen-bond acceptors (Lipinski definition) is 4. The number of rotatable bonds is 3. The third-order valence-corrected chi connectivity index (χ3v) is 9.38. The van der Waals surface area contributed by atoms with E-state index in [1.807, 2.05) is 46.9 Å². The molecule has 0 unspecified atom stereocenters. The molecule has 0 radical (unpaired) electrons. The van der Waals surface area contributed by atoms with Crippen molar-refractivity contribution in [3.05, 3.63) is 115 Å². The minimum atomic E-state index is 0.728. The van der Waals surface area contributed by atoms with Gasteiger partial charge in [-0.25, -0.2) is 9.97 Å². The molecular formula is C32H19N3S2. The normalized spacial score (nSPS) is 11.8. The fraction of sp³-hybridized carbons (Fsp3) is 0. The van der Waals surface area contributed by atoms with E-state index in [1.165, 1.54) is 40.6 Å². The molecule has 3 nitrogen and oxygen atoms in total. The Morgan fingerprint density at radius 3 is 2.05 bits per heavy atom. The summed E-state index contributed by atoms with van der Waals surface area (Å²) in [5.41, 5.74) is 4.17. The Kier molecular flexibility index (Phi) is 4.56. The highest BCUT2D eigenvalue weighted by atomic mass is 32.1. The van der Waals surface area contributed by atoms with E-state index in [0.717, 1.165) is 28.5 Å². The van der Waals surface area contributed by atoms with Gasteiger partial charge in [0.05, 0.1) is 20.6 Å². The van der Waals surface area contributed by atoms with Crippen LogP contribution < -0.4 is 0 Å². The van der Waals surface area contributed by atoms with Crippen LogP contribution in [0.3, 0.4) is 0 Å². The van der Waals surface area contributed by atoms with Crippen molar-refractivity contribution in [1.82, 2.24) is 14.5 Å². The molecule has 0 saturated heterocycles. The van der Waals surface area contributed by atoms with E-state index in [4.69, 9.17) is 9.97 Å². The second kappa shape index (κ2) is 8.10. The van der Waals surface area contributed by atoms with Gasteiger partial charge in [-0.2, -0.15) is 0 Å². The molecule has 0 atom stereocenters. The Morgan fingerprint density at radius 2 is 1.24 bits per heavy atom. The maximum absolute atomic E-state index is 5.15. The topological polar surface area (TPSA) is 30.7 Å². The van der Waals surface area contributed by atoms with Gasteiger partial charge in [-0.3, -0.25) is 4.57 Å². The van der Waals surface area contributed by atoms with Crippen LogP contribution in [0.1, 0.15) is 0 Å². The number of thiophene rings is 2. The van der Waals surface area contributed by atoms with Crippen molar-refractivity contribution in [2.45, 2.75) is 0 Å². The molecule has 0 fully saturated rings. The molecule has 8 rings (SSSR count). The molecule has 0 saturated carbocycles. The summed E-state index contributed by atoms with van der Waals surface area (Å²) in [5, 5.41) is 3.91. The van der Waals surface area contributed by atoms with Crippen LogP contribution >= 0.6 is 22.7 Å². The van der Waals surface area contributed by atoms with E-state index < -0.39 is 0 Å². The largest absolute Gasteiger partial charge is 0.285 e. The maximum Gasteiger partial charge on any atom is 0.162 e. The molecule has 0 amide bonds. The molecule has 174 valence electrons. The molecule has 0 spiro atoms. The summed E-state index contributed by atoms with van der Waals surface area (Å²) in [6, 6.07) is 40.1. The fourth-order valence-corrected chi connectivity index (χ4v) is 7.98. The Hall–Kier alpha value is -4.32. The molecule has 5 heteroatoms. The molecule has 0 aliphatic carbocycles. The highest BCUT2D eigenvalue weighted by Crippen LogP contribution is 2.48. The number of hydrogen-bond donors (Lipinski definition) is 0. The van der Waals surface area contributed by atoms with Gasteiger partial charge in [0, 0.05) is 38.1 Å². The SMILES string of the molecule is c1ccc(-c2cc(-n3c4ccccc4c4c5sc6ccccc6c5sc43)nc(-c3ccccc3)n2)cc1. The van der Waals surface area contributed by atoms with Gasteiger partial charge >= 0.3 is 0 Å². The van der Waals surface area contributed by atoms with Crippen LogP contribution in [0, 0.1) is 0 Å². The summed E-state index contributed by atoms with van der Waals surface area (Å²) in [6.45, 7) is 0. The summed E-state index contributed by atoms with van der Waals surface area (Å²) in [6.07, 6.45) is 0. The van der Waals surface area contributed by atoms with E-state index in [9.17, 15) is 0 Å². The Morgan fingerprint density at radius 1 is 0.568 bits per heavy atom. The van der Waals surface area contributed by atoms with Crippen LogP contribution in [0.2, 0.25) is 0 Å². The highest BCUT2D eigenvalue weighted by Gasteiger charge is 2.22. The van der Waals surface area contributed by atoms with E-state index in [0.29, 0.717) is 0 Å². The number of fused-ring (bicyclic) bond motifs is 7. The molecule has 4 heterocycles. The predicted octanol–water partition coefficient (Wildman–Crippen LogP) is 9.34. The summed E-state index contributed by atoms with van der Waals surface area (Å²) < 4.78 is 6.38. The van der Waals surface area contributed by atoms with Gasteiger partial charge in [-0.15, -0.1) is 22.7 Å². The first kappa shape index (κ1) is 20.8. The van der Waals surface area contributed by atoms with Gasteiger partial charge in [0.15, 0.2) is 5.82 Å². The highest BCUT2D eigenvalue weighted by molar-refractivity contribution is 7.36. The van der Waals surface area contributed by atoms with Crippen molar-refractivity contribution < 1.29 is 0 Å². The minimum absolute atomic E-state index is 0.728. The Labute approximate surface area is 220 Å². The summed E-state index contributed by atoms with van der Waals surface area (Å²) >= 11 is 3.75. The zero-order chi connectivity index (χ0) is 24.3. The lowest BCUT2D eigenvalue weighted by Gasteiger charge is -2.11. The van der Waals surface area contributed by atoms with Crippen molar-refractivity contribution in [1.29, 1.82) is 0 Å². The first-order valence-corrected chi connectivity index (χ1v) is 13.8. The van der Waals surface area contributed by atoms with Crippen molar-refractivity contribution in [2.75, 3.05) is 0 Å². The van der Waals surface area contributed by atoms with Crippen LogP contribution in [-0.2, 0) is 0 Å². The van der Waals surface area contributed by atoms with E-state index in [1.54, 1.807) is 0 Å². The zero-order valence-electron chi connectivity index (χ0n) is 19.6. The summed E-state index contributed by atoms with van der Waals surface area (Å²) in [7, 11) is 0. The monoisotopic (exact) mass is 509 g/mol. The van der Waals surface area contributed by atoms with Crippen molar-refractivity contribution in [2.24, 2.45) is 0 Å². The molecular weight excluding hydrogens is 491 g/mol. The Balaban J connectivity index is 1.49. The quantitative estimate of drug-likeness (QED) is 0.237. The predicted molar refractivity (Wildman–Crippen MR) is 158 cm³/mol. The van der Waals surface area contributed by atoms with Gasteiger partial charge in [-0.05, 0) is 12.1 Å². The standard InChI is InChI=1S/C32H19N3S2/c1-3-11-20(12-4-1)24-19-27(34-31(33-24)21-13-5-2-6-14-21)35-25-17-9-7-15-22(25)28-30-29(37-32(28)35)23-16-8-10-18-26(23)36-30/h1-19H. The lowest BCUT2D eigenvalue weighted by atomic mass is 10.1. The van der Waals surface area contributed by atoms with Crippen LogP contribution in [0.4, 0.5) is 0 Å². The molecule has 0 N–H and O–H groups in total. The van der Waals surface area contributed by atoms with Gasteiger partial charge in [-0.1, -0.05) is 97.1 Å². The van der Waals surface area contributed by atoms with Gasteiger partial charge in [0.25, 0.3) is 0 Å². The van der Waals surface area contributed by atoms with E-state index in [-0.39, 0.29) is 0 Å². The van der Waals surface area contributed by atoms with Crippen LogP contribution in [0.15, 0.2) is 115 Å². The molecule has 0 bridgehead atoms. The minimum Gasteiger partial charge on any atom is -0.285 e. The summed E-state index contributed by atoms with van der Waals surface area (Å²) in [4.78, 5) is 11.4. The first-order valence-electron chi connectivity index (χ1n) is 12.2. The molecule has 0 aliphatic heterocycles.